The number of nitrogens with zero attached hydrogens (tertiary/aromatic N) is 2. The molecular weight excluding hydrogens is 419 g/mol. The zero-order valence-electron chi connectivity index (χ0n) is 14.6. The van der Waals surface area contributed by atoms with Crippen LogP contribution in [0.1, 0.15) is 51.0 Å². The largest absolute Gasteiger partial charge is 1.00 e. The lowest BCUT2D eigenvalue weighted by molar-refractivity contribution is -0.688. The van der Waals surface area contributed by atoms with Crippen molar-refractivity contribution in [2.24, 2.45) is 0 Å². The van der Waals surface area contributed by atoms with Gasteiger partial charge in [0.15, 0.2) is 23.3 Å². The minimum absolute atomic E-state index is 0. The molecule has 1 aromatic carbocycles. The fourth-order valence-corrected chi connectivity index (χ4v) is 2.71. The van der Waals surface area contributed by atoms with Crippen LogP contribution in [0.3, 0.4) is 0 Å². The van der Waals surface area contributed by atoms with Crippen LogP contribution in [0.15, 0.2) is 18.7 Å². The quantitative estimate of drug-likeness (QED) is 0.185. The molecule has 2 aromatic rings. The van der Waals surface area contributed by atoms with E-state index in [0.29, 0.717) is 0 Å². The molecule has 8 heteroatoms. The summed E-state index contributed by atoms with van der Waals surface area (Å²) in [5, 5.41) is 0. The van der Waals surface area contributed by atoms with E-state index in [1.807, 2.05) is 4.57 Å². The molecule has 0 bridgehead atoms. The second-order valence-corrected chi connectivity index (χ2v) is 6.14. The van der Waals surface area contributed by atoms with Crippen molar-refractivity contribution < 1.29 is 43.5 Å². The molecular formula is C18H22BrF5N2. The van der Waals surface area contributed by atoms with Gasteiger partial charge < -0.3 is 17.0 Å². The van der Waals surface area contributed by atoms with Crippen molar-refractivity contribution in [2.75, 3.05) is 0 Å². The van der Waals surface area contributed by atoms with E-state index in [2.05, 4.69) is 6.92 Å². The summed E-state index contributed by atoms with van der Waals surface area (Å²) in [4.78, 5) is 0. The maximum atomic E-state index is 13.7. The molecule has 2 nitrogen and oxygen atoms in total. The Morgan fingerprint density at radius 2 is 1.35 bits per heavy atom. The lowest BCUT2D eigenvalue weighted by Gasteiger charge is -2.06. The number of imidazole rings is 1. The fourth-order valence-electron chi connectivity index (χ4n) is 2.71. The van der Waals surface area contributed by atoms with Crippen LogP contribution in [0.25, 0.3) is 0 Å². The van der Waals surface area contributed by atoms with Crippen LogP contribution in [0.4, 0.5) is 22.0 Å². The summed E-state index contributed by atoms with van der Waals surface area (Å²) in [7, 11) is 0. The van der Waals surface area contributed by atoms with Gasteiger partial charge in [0.1, 0.15) is 18.9 Å². The summed E-state index contributed by atoms with van der Waals surface area (Å²) in [6.45, 7) is 2.48. The van der Waals surface area contributed by atoms with Gasteiger partial charge in [-0.05, 0) is 12.8 Å². The van der Waals surface area contributed by atoms with E-state index in [-0.39, 0.29) is 17.0 Å². The minimum Gasteiger partial charge on any atom is -1.00 e. The molecule has 2 rings (SSSR count). The first-order valence-corrected chi connectivity index (χ1v) is 8.50. The number of benzene rings is 1. The molecule has 0 N–H and O–H groups in total. The maximum absolute atomic E-state index is 13.7. The molecule has 0 saturated heterocycles. The van der Waals surface area contributed by atoms with Crippen molar-refractivity contribution in [3.05, 3.63) is 53.4 Å². The smallest absolute Gasteiger partial charge is 0.244 e. The predicted molar refractivity (Wildman–Crippen MR) is 83.3 cm³/mol. The second-order valence-electron chi connectivity index (χ2n) is 6.14. The summed E-state index contributed by atoms with van der Waals surface area (Å²) in [5.74, 6) is -9.54. The minimum atomic E-state index is -2.13. The first kappa shape index (κ1) is 22.6. The number of hydrogen-bond acceptors (Lipinski definition) is 0. The molecule has 0 atom stereocenters. The standard InChI is InChI=1S/C18H22F5N2.BrH/c1-2-3-4-5-6-7-8-24-9-10-25(12-24)11-13-14(19)16(21)18(23)17(22)15(13)20;/h9-10,12H,2-8,11H2,1H3;1H/q+1;/p-1. The second kappa shape index (κ2) is 10.6. The number of hydrogen-bond donors (Lipinski definition) is 0. The molecule has 0 aliphatic heterocycles. The lowest BCUT2D eigenvalue weighted by Crippen LogP contribution is -3.00. The Morgan fingerprint density at radius 1 is 0.808 bits per heavy atom. The molecule has 26 heavy (non-hydrogen) atoms. The highest BCUT2D eigenvalue weighted by atomic mass is 79.9. The average Bonchev–Trinajstić information content (AvgIpc) is 3.06. The molecule has 146 valence electrons. The number of halogens is 6. The highest BCUT2D eigenvalue weighted by Crippen LogP contribution is 2.22. The monoisotopic (exact) mass is 440 g/mol. The SMILES string of the molecule is CCCCCCCCn1cc[n+](Cc2c(F)c(F)c(F)c(F)c2F)c1.[Br-]. The van der Waals surface area contributed by atoms with E-state index in [4.69, 9.17) is 0 Å². The van der Waals surface area contributed by atoms with E-state index < -0.39 is 41.2 Å². The Morgan fingerprint density at radius 3 is 1.96 bits per heavy atom. The van der Waals surface area contributed by atoms with Crippen LogP contribution < -0.4 is 21.5 Å². The van der Waals surface area contributed by atoms with E-state index in [1.54, 1.807) is 18.7 Å². The molecule has 0 saturated carbocycles. The predicted octanol–water partition coefficient (Wildman–Crippen LogP) is 1.88. The maximum Gasteiger partial charge on any atom is 0.244 e. The van der Waals surface area contributed by atoms with Crippen LogP contribution in [0.5, 0.6) is 0 Å². The Kier molecular flexibility index (Phi) is 9.25. The molecule has 0 spiro atoms. The Bertz CT molecular complexity index is 689. The van der Waals surface area contributed by atoms with E-state index in [0.717, 1.165) is 19.4 Å². The Labute approximate surface area is 160 Å². The van der Waals surface area contributed by atoms with Crippen LogP contribution in [0.2, 0.25) is 0 Å². The van der Waals surface area contributed by atoms with Gasteiger partial charge in [-0.3, -0.25) is 0 Å². The van der Waals surface area contributed by atoms with Gasteiger partial charge in [-0.2, -0.15) is 0 Å². The molecule has 1 heterocycles. The Hall–Kier alpha value is -1.44. The van der Waals surface area contributed by atoms with Gasteiger partial charge in [0.2, 0.25) is 12.1 Å². The number of aryl methyl sites for hydroxylation is 1. The van der Waals surface area contributed by atoms with Gasteiger partial charge in [0.05, 0.1) is 12.1 Å². The highest BCUT2D eigenvalue weighted by Gasteiger charge is 2.26. The summed E-state index contributed by atoms with van der Waals surface area (Å²) in [5.41, 5.74) is -0.835. The zero-order valence-corrected chi connectivity index (χ0v) is 16.1. The molecule has 0 fully saturated rings. The third-order valence-corrected chi connectivity index (χ3v) is 4.16. The molecule has 1 aromatic heterocycles. The van der Waals surface area contributed by atoms with Crippen LogP contribution in [-0.2, 0) is 13.1 Å². The van der Waals surface area contributed by atoms with Gasteiger partial charge in [-0.25, -0.2) is 31.1 Å². The van der Waals surface area contributed by atoms with E-state index in [9.17, 15) is 22.0 Å². The van der Waals surface area contributed by atoms with Gasteiger partial charge in [-0.1, -0.05) is 32.6 Å². The third-order valence-electron chi connectivity index (χ3n) is 4.16. The topological polar surface area (TPSA) is 8.81 Å². The number of rotatable bonds is 9. The van der Waals surface area contributed by atoms with Gasteiger partial charge in [0, 0.05) is 0 Å². The van der Waals surface area contributed by atoms with E-state index >= 15 is 0 Å². The summed E-state index contributed by atoms with van der Waals surface area (Å²) in [6, 6.07) is 0. The summed E-state index contributed by atoms with van der Waals surface area (Å²) >= 11 is 0. The molecule has 0 amide bonds. The van der Waals surface area contributed by atoms with Gasteiger partial charge in [-0.15, -0.1) is 0 Å². The first-order valence-electron chi connectivity index (χ1n) is 8.50. The average molecular weight is 441 g/mol. The molecule has 0 aliphatic rings. The van der Waals surface area contributed by atoms with Gasteiger partial charge in [0.25, 0.3) is 0 Å². The highest BCUT2D eigenvalue weighted by molar-refractivity contribution is 5.23. The zero-order chi connectivity index (χ0) is 18.4. The Balaban J connectivity index is 0.00000338. The van der Waals surface area contributed by atoms with Crippen molar-refractivity contribution in [3.8, 4) is 0 Å². The van der Waals surface area contributed by atoms with Crippen molar-refractivity contribution in [1.29, 1.82) is 0 Å². The van der Waals surface area contributed by atoms with Crippen LogP contribution in [0, 0.1) is 29.1 Å². The van der Waals surface area contributed by atoms with Crippen LogP contribution >= 0.6 is 0 Å². The summed E-state index contributed by atoms with van der Waals surface area (Å²) < 4.78 is 70.2. The normalized spacial score (nSPS) is 10.8. The molecule has 0 aliphatic carbocycles. The van der Waals surface area contributed by atoms with Crippen molar-refractivity contribution in [2.45, 2.75) is 58.5 Å². The molecule has 0 unspecified atom stereocenters. The van der Waals surface area contributed by atoms with Crippen molar-refractivity contribution in [3.63, 3.8) is 0 Å². The van der Waals surface area contributed by atoms with Crippen molar-refractivity contribution in [1.82, 2.24) is 4.57 Å². The van der Waals surface area contributed by atoms with Gasteiger partial charge >= 0.3 is 0 Å². The first-order chi connectivity index (χ1) is 12.0. The summed E-state index contributed by atoms with van der Waals surface area (Å²) in [6.07, 6.45) is 11.7. The lowest BCUT2D eigenvalue weighted by atomic mass is 10.1. The van der Waals surface area contributed by atoms with E-state index in [1.165, 1.54) is 30.3 Å². The number of aromatic nitrogens is 2. The van der Waals surface area contributed by atoms with Crippen LogP contribution in [-0.4, -0.2) is 4.57 Å². The fraction of sp³-hybridized carbons (Fsp3) is 0.500. The number of unbranched alkanes of at least 4 members (excludes halogenated alkanes) is 5. The van der Waals surface area contributed by atoms with Crippen molar-refractivity contribution >= 4 is 0 Å². The molecule has 0 radical (unpaired) electrons. The third kappa shape index (κ3) is 5.53.